The number of rotatable bonds is 6. The zero-order valence-corrected chi connectivity index (χ0v) is 12.3. The maximum Gasteiger partial charge on any atom is 0.119 e. The quantitative estimate of drug-likeness (QED) is 0.834. The molecule has 0 aliphatic heterocycles. The van der Waals surface area contributed by atoms with Crippen molar-refractivity contribution in [1.29, 1.82) is 0 Å². The third kappa shape index (κ3) is 3.61. The Balaban J connectivity index is 2.18. The fraction of sp³-hybridized carbons (Fsp3) is 0.333. The van der Waals surface area contributed by atoms with Crippen LogP contribution in [0.5, 0.6) is 5.75 Å². The Morgan fingerprint density at radius 1 is 1.00 bits per heavy atom. The Hall–Kier alpha value is -1.80. The molecule has 0 aliphatic carbocycles. The van der Waals surface area contributed by atoms with Gasteiger partial charge in [-0.25, -0.2) is 0 Å². The predicted octanol–water partition coefficient (Wildman–Crippen LogP) is 4.55. The lowest BCUT2D eigenvalue weighted by atomic mass is 9.99. The molecule has 20 heavy (non-hydrogen) atoms. The summed E-state index contributed by atoms with van der Waals surface area (Å²) in [7, 11) is 0. The van der Waals surface area contributed by atoms with Crippen molar-refractivity contribution in [1.82, 2.24) is 0 Å². The van der Waals surface area contributed by atoms with Crippen molar-refractivity contribution >= 4 is 0 Å². The molecule has 2 nitrogen and oxygen atoms in total. The van der Waals surface area contributed by atoms with Gasteiger partial charge < -0.3 is 10.5 Å². The van der Waals surface area contributed by atoms with Crippen LogP contribution in [0.25, 0.3) is 11.1 Å². The van der Waals surface area contributed by atoms with E-state index < -0.39 is 0 Å². The SMILES string of the molecule is CCCOc1ccc(-c2cccc(C(N)CC)c2)cc1. The first-order valence-electron chi connectivity index (χ1n) is 7.33. The molecule has 0 amide bonds. The fourth-order valence-corrected chi connectivity index (χ4v) is 2.15. The van der Waals surface area contributed by atoms with Gasteiger partial charge in [0.05, 0.1) is 6.61 Å². The lowest BCUT2D eigenvalue weighted by Crippen LogP contribution is -2.08. The molecule has 0 bridgehead atoms. The number of benzene rings is 2. The van der Waals surface area contributed by atoms with Gasteiger partial charge in [-0.05, 0) is 47.7 Å². The van der Waals surface area contributed by atoms with Crippen LogP contribution in [0.3, 0.4) is 0 Å². The summed E-state index contributed by atoms with van der Waals surface area (Å²) in [6.45, 7) is 4.98. The smallest absolute Gasteiger partial charge is 0.119 e. The average molecular weight is 269 g/mol. The van der Waals surface area contributed by atoms with Gasteiger partial charge in [-0.1, -0.05) is 44.2 Å². The predicted molar refractivity (Wildman–Crippen MR) is 84.9 cm³/mol. The van der Waals surface area contributed by atoms with Gasteiger partial charge in [-0.3, -0.25) is 0 Å². The van der Waals surface area contributed by atoms with Gasteiger partial charge in [0, 0.05) is 6.04 Å². The monoisotopic (exact) mass is 269 g/mol. The topological polar surface area (TPSA) is 35.2 Å². The second kappa shape index (κ2) is 7.11. The molecule has 2 heteroatoms. The normalized spacial score (nSPS) is 12.2. The summed E-state index contributed by atoms with van der Waals surface area (Å²) >= 11 is 0. The number of hydrogen-bond acceptors (Lipinski definition) is 2. The number of ether oxygens (including phenoxy) is 1. The zero-order chi connectivity index (χ0) is 14.4. The lowest BCUT2D eigenvalue weighted by Gasteiger charge is -2.11. The highest BCUT2D eigenvalue weighted by molar-refractivity contribution is 5.65. The maximum absolute atomic E-state index is 6.10. The Kier molecular flexibility index (Phi) is 5.19. The van der Waals surface area contributed by atoms with Crippen LogP contribution in [0.4, 0.5) is 0 Å². The first kappa shape index (κ1) is 14.6. The van der Waals surface area contributed by atoms with Crippen molar-refractivity contribution < 1.29 is 4.74 Å². The fourth-order valence-electron chi connectivity index (χ4n) is 2.15. The third-order valence-electron chi connectivity index (χ3n) is 3.42. The van der Waals surface area contributed by atoms with Gasteiger partial charge >= 0.3 is 0 Å². The summed E-state index contributed by atoms with van der Waals surface area (Å²) in [4.78, 5) is 0. The average Bonchev–Trinajstić information content (AvgIpc) is 2.52. The molecule has 0 aromatic heterocycles. The van der Waals surface area contributed by atoms with E-state index in [1.165, 1.54) is 16.7 Å². The second-order valence-corrected chi connectivity index (χ2v) is 5.01. The molecule has 0 heterocycles. The van der Waals surface area contributed by atoms with E-state index >= 15 is 0 Å². The molecule has 0 saturated heterocycles. The molecule has 0 fully saturated rings. The third-order valence-corrected chi connectivity index (χ3v) is 3.42. The largest absolute Gasteiger partial charge is 0.494 e. The molecule has 0 radical (unpaired) electrons. The summed E-state index contributed by atoms with van der Waals surface area (Å²) in [5.41, 5.74) is 9.69. The molecule has 2 N–H and O–H groups in total. The van der Waals surface area contributed by atoms with Crippen LogP contribution in [0.2, 0.25) is 0 Å². The van der Waals surface area contributed by atoms with Gasteiger partial charge in [0.15, 0.2) is 0 Å². The molecule has 2 aromatic rings. The van der Waals surface area contributed by atoms with E-state index in [-0.39, 0.29) is 6.04 Å². The van der Waals surface area contributed by atoms with Crippen LogP contribution < -0.4 is 10.5 Å². The second-order valence-electron chi connectivity index (χ2n) is 5.01. The van der Waals surface area contributed by atoms with Crippen LogP contribution >= 0.6 is 0 Å². The molecule has 0 spiro atoms. The molecule has 1 atom stereocenters. The molecule has 0 aliphatic rings. The minimum absolute atomic E-state index is 0.113. The molecule has 0 saturated carbocycles. The minimum atomic E-state index is 0.113. The summed E-state index contributed by atoms with van der Waals surface area (Å²) in [6, 6.07) is 16.8. The molecule has 2 rings (SSSR count). The van der Waals surface area contributed by atoms with Crippen LogP contribution in [-0.2, 0) is 0 Å². The maximum atomic E-state index is 6.10. The standard InChI is InChI=1S/C18H23NO/c1-3-12-20-17-10-8-14(9-11-17)15-6-5-7-16(13-15)18(19)4-2/h5-11,13,18H,3-4,12,19H2,1-2H3. The number of nitrogens with two attached hydrogens (primary N) is 1. The van der Waals surface area contributed by atoms with E-state index in [2.05, 4.69) is 50.2 Å². The highest BCUT2D eigenvalue weighted by Crippen LogP contribution is 2.25. The molecule has 1 unspecified atom stereocenters. The Morgan fingerprint density at radius 3 is 2.40 bits per heavy atom. The van der Waals surface area contributed by atoms with Crippen LogP contribution in [-0.4, -0.2) is 6.61 Å². The molecule has 2 aromatic carbocycles. The van der Waals surface area contributed by atoms with Crippen molar-refractivity contribution in [2.75, 3.05) is 6.61 Å². The van der Waals surface area contributed by atoms with Crippen LogP contribution in [0, 0.1) is 0 Å². The van der Waals surface area contributed by atoms with E-state index in [9.17, 15) is 0 Å². The summed E-state index contributed by atoms with van der Waals surface area (Å²) in [6.07, 6.45) is 1.98. The van der Waals surface area contributed by atoms with E-state index in [1.54, 1.807) is 0 Å². The van der Waals surface area contributed by atoms with Gasteiger partial charge in [0.1, 0.15) is 5.75 Å². The minimum Gasteiger partial charge on any atom is -0.494 e. The van der Waals surface area contributed by atoms with Crippen LogP contribution in [0.15, 0.2) is 48.5 Å². The summed E-state index contributed by atoms with van der Waals surface area (Å²) in [5.74, 6) is 0.928. The van der Waals surface area contributed by atoms with E-state index in [0.717, 1.165) is 25.2 Å². The first-order chi connectivity index (χ1) is 9.74. The van der Waals surface area contributed by atoms with Crippen LogP contribution in [0.1, 0.15) is 38.3 Å². The van der Waals surface area contributed by atoms with Crippen molar-refractivity contribution in [2.45, 2.75) is 32.7 Å². The summed E-state index contributed by atoms with van der Waals surface area (Å²) in [5, 5.41) is 0. The lowest BCUT2D eigenvalue weighted by molar-refractivity contribution is 0.317. The van der Waals surface area contributed by atoms with Crippen molar-refractivity contribution in [3.8, 4) is 16.9 Å². The van der Waals surface area contributed by atoms with E-state index in [1.807, 2.05) is 12.1 Å². The van der Waals surface area contributed by atoms with E-state index in [0.29, 0.717) is 0 Å². The first-order valence-corrected chi connectivity index (χ1v) is 7.33. The zero-order valence-electron chi connectivity index (χ0n) is 12.3. The van der Waals surface area contributed by atoms with E-state index in [4.69, 9.17) is 10.5 Å². The van der Waals surface area contributed by atoms with Gasteiger partial charge in [0.2, 0.25) is 0 Å². The Bertz CT molecular complexity index is 533. The molecular formula is C18H23NO. The Morgan fingerprint density at radius 2 is 1.75 bits per heavy atom. The summed E-state index contributed by atoms with van der Waals surface area (Å²) < 4.78 is 5.61. The number of hydrogen-bond donors (Lipinski definition) is 1. The highest BCUT2D eigenvalue weighted by Gasteiger charge is 2.05. The van der Waals surface area contributed by atoms with Gasteiger partial charge in [-0.2, -0.15) is 0 Å². The Labute approximate surface area is 121 Å². The van der Waals surface area contributed by atoms with Crippen molar-refractivity contribution in [2.24, 2.45) is 5.73 Å². The van der Waals surface area contributed by atoms with Crippen molar-refractivity contribution in [3.63, 3.8) is 0 Å². The molecule has 106 valence electrons. The van der Waals surface area contributed by atoms with Crippen molar-refractivity contribution in [3.05, 3.63) is 54.1 Å². The van der Waals surface area contributed by atoms with Gasteiger partial charge in [0.25, 0.3) is 0 Å². The highest BCUT2D eigenvalue weighted by atomic mass is 16.5. The molecular weight excluding hydrogens is 246 g/mol. The van der Waals surface area contributed by atoms with Gasteiger partial charge in [-0.15, -0.1) is 0 Å².